The maximum absolute atomic E-state index is 13.2. The third kappa shape index (κ3) is 4.73. The first kappa shape index (κ1) is 20.6. The molecular formula is C24H20N4O2S. The lowest BCUT2D eigenvalue weighted by atomic mass is 10.1. The van der Waals surface area contributed by atoms with Crippen LogP contribution in [0, 0.1) is 0 Å². The van der Waals surface area contributed by atoms with Gasteiger partial charge in [0.25, 0.3) is 11.5 Å². The van der Waals surface area contributed by atoms with Crippen LogP contribution in [0.3, 0.4) is 0 Å². The Morgan fingerprint density at radius 2 is 1.61 bits per heavy atom. The highest BCUT2D eigenvalue weighted by Crippen LogP contribution is 2.21. The normalized spacial score (nSPS) is 11.5. The molecule has 7 heteroatoms. The van der Waals surface area contributed by atoms with Crippen molar-refractivity contribution in [2.75, 3.05) is 5.75 Å². The van der Waals surface area contributed by atoms with Crippen LogP contribution in [0.15, 0.2) is 100.0 Å². The Labute approximate surface area is 183 Å². The van der Waals surface area contributed by atoms with Crippen LogP contribution < -0.4 is 11.0 Å². The Morgan fingerprint density at radius 3 is 2.35 bits per heavy atom. The average molecular weight is 429 g/mol. The highest BCUT2D eigenvalue weighted by molar-refractivity contribution is 7.99. The number of hydrogen-bond acceptors (Lipinski definition) is 5. The Morgan fingerprint density at radius 1 is 0.968 bits per heavy atom. The van der Waals surface area contributed by atoms with E-state index in [1.165, 1.54) is 11.8 Å². The molecule has 0 fully saturated rings. The largest absolute Gasteiger partial charge is 0.272 e. The molecule has 0 aliphatic heterocycles. The van der Waals surface area contributed by atoms with E-state index in [0.29, 0.717) is 27.5 Å². The van der Waals surface area contributed by atoms with Gasteiger partial charge in [0.1, 0.15) is 0 Å². The van der Waals surface area contributed by atoms with Gasteiger partial charge in [-0.15, -0.1) is 0 Å². The number of fused-ring (bicyclic) bond motifs is 1. The van der Waals surface area contributed by atoms with Crippen molar-refractivity contribution in [2.24, 2.45) is 5.10 Å². The molecular weight excluding hydrogens is 408 g/mol. The molecule has 4 aromatic rings. The summed E-state index contributed by atoms with van der Waals surface area (Å²) in [6, 6.07) is 26.1. The van der Waals surface area contributed by atoms with Gasteiger partial charge in [0.2, 0.25) is 0 Å². The van der Waals surface area contributed by atoms with Gasteiger partial charge in [0.15, 0.2) is 5.16 Å². The van der Waals surface area contributed by atoms with Gasteiger partial charge in [-0.05, 0) is 36.8 Å². The van der Waals surface area contributed by atoms with Gasteiger partial charge < -0.3 is 0 Å². The fourth-order valence-corrected chi connectivity index (χ4v) is 3.87. The summed E-state index contributed by atoms with van der Waals surface area (Å²) in [6.45, 7) is 1.83. The van der Waals surface area contributed by atoms with Gasteiger partial charge in [0.05, 0.1) is 28.1 Å². The maximum Gasteiger partial charge on any atom is 0.266 e. The number of thioether (sulfide) groups is 1. The molecule has 4 rings (SSSR count). The molecule has 31 heavy (non-hydrogen) atoms. The lowest BCUT2D eigenvalue weighted by Gasteiger charge is -2.13. The van der Waals surface area contributed by atoms with E-state index in [2.05, 4.69) is 15.5 Å². The molecule has 0 atom stereocenters. The summed E-state index contributed by atoms with van der Waals surface area (Å²) in [5.41, 5.74) is 5.35. The van der Waals surface area contributed by atoms with Gasteiger partial charge in [-0.1, -0.05) is 72.4 Å². The molecule has 0 unspecified atom stereocenters. The van der Waals surface area contributed by atoms with E-state index < -0.39 is 0 Å². The smallest absolute Gasteiger partial charge is 0.266 e. The van der Waals surface area contributed by atoms with E-state index >= 15 is 0 Å². The van der Waals surface area contributed by atoms with Gasteiger partial charge in [-0.3, -0.25) is 14.2 Å². The van der Waals surface area contributed by atoms with Gasteiger partial charge in [-0.2, -0.15) is 5.10 Å². The van der Waals surface area contributed by atoms with Gasteiger partial charge >= 0.3 is 0 Å². The molecule has 0 saturated heterocycles. The number of benzene rings is 3. The third-order valence-electron chi connectivity index (χ3n) is 4.63. The van der Waals surface area contributed by atoms with Crippen LogP contribution >= 0.6 is 11.8 Å². The highest BCUT2D eigenvalue weighted by atomic mass is 32.2. The summed E-state index contributed by atoms with van der Waals surface area (Å²) < 4.78 is 1.54. The molecule has 0 radical (unpaired) electrons. The lowest BCUT2D eigenvalue weighted by Crippen LogP contribution is -2.24. The van der Waals surface area contributed by atoms with E-state index in [1.807, 2.05) is 79.7 Å². The van der Waals surface area contributed by atoms with Crippen LogP contribution in [0.2, 0.25) is 0 Å². The summed E-state index contributed by atoms with van der Waals surface area (Å²) in [5.74, 6) is -0.203. The summed E-state index contributed by atoms with van der Waals surface area (Å²) >= 11 is 1.20. The van der Waals surface area contributed by atoms with Crippen LogP contribution in [0.1, 0.15) is 12.5 Å². The zero-order valence-corrected chi connectivity index (χ0v) is 17.7. The lowest BCUT2D eigenvalue weighted by molar-refractivity contribution is -0.118. The summed E-state index contributed by atoms with van der Waals surface area (Å²) in [7, 11) is 0. The van der Waals surface area contributed by atoms with Crippen molar-refractivity contribution >= 4 is 34.3 Å². The monoisotopic (exact) mass is 428 g/mol. The van der Waals surface area contributed by atoms with E-state index in [9.17, 15) is 9.59 Å². The number of hydrogen-bond donors (Lipinski definition) is 1. The fraction of sp³-hybridized carbons (Fsp3) is 0.0833. The Kier molecular flexibility index (Phi) is 6.24. The Hall–Kier alpha value is -3.71. The quantitative estimate of drug-likeness (QED) is 0.218. The molecule has 1 amide bonds. The first-order valence-corrected chi connectivity index (χ1v) is 10.7. The van der Waals surface area contributed by atoms with E-state index in [1.54, 1.807) is 16.7 Å². The molecule has 0 aliphatic carbocycles. The Bertz CT molecular complexity index is 1300. The van der Waals surface area contributed by atoms with Crippen LogP contribution in [0.4, 0.5) is 0 Å². The van der Waals surface area contributed by atoms with Crippen molar-refractivity contribution in [2.45, 2.75) is 12.1 Å². The molecule has 0 spiro atoms. The molecule has 6 nitrogen and oxygen atoms in total. The minimum atomic E-state index is -0.276. The summed E-state index contributed by atoms with van der Waals surface area (Å²) in [4.78, 5) is 30.2. The standard InChI is InChI=1S/C24H20N4O2S/c1-17(18-10-4-2-5-11-18)26-27-22(29)16-31-24-25-21-15-9-8-14-20(21)23(30)28(24)19-12-6-3-7-13-19/h2-15H,16H2,1H3,(H,27,29). The second-order valence-corrected chi connectivity index (χ2v) is 7.72. The molecule has 0 aliphatic rings. The zero-order chi connectivity index (χ0) is 21.6. The minimum Gasteiger partial charge on any atom is -0.272 e. The molecule has 154 valence electrons. The number of para-hydroxylation sites is 2. The molecule has 1 heterocycles. The second-order valence-electron chi connectivity index (χ2n) is 6.77. The van der Waals surface area contributed by atoms with Crippen molar-refractivity contribution < 1.29 is 4.79 Å². The number of nitrogens with one attached hydrogen (secondary N) is 1. The fourth-order valence-electron chi connectivity index (χ4n) is 3.07. The highest BCUT2D eigenvalue weighted by Gasteiger charge is 2.14. The second kappa shape index (κ2) is 9.40. The van der Waals surface area contributed by atoms with E-state index in [-0.39, 0.29) is 17.2 Å². The number of hydrazone groups is 1. The van der Waals surface area contributed by atoms with Gasteiger partial charge in [0, 0.05) is 0 Å². The number of aromatic nitrogens is 2. The van der Waals surface area contributed by atoms with Crippen molar-refractivity contribution in [3.05, 3.63) is 101 Å². The SMILES string of the molecule is CC(=NNC(=O)CSc1nc2ccccc2c(=O)n1-c1ccccc1)c1ccccc1. The van der Waals surface area contributed by atoms with Crippen LogP contribution in [0.5, 0.6) is 0 Å². The van der Waals surface area contributed by atoms with Crippen LogP contribution in [0.25, 0.3) is 16.6 Å². The Balaban J connectivity index is 1.58. The van der Waals surface area contributed by atoms with E-state index in [0.717, 1.165) is 5.56 Å². The average Bonchev–Trinajstić information content (AvgIpc) is 2.82. The predicted molar refractivity (Wildman–Crippen MR) is 125 cm³/mol. The van der Waals surface area contributed by atoms with Crippen LogP contribution in [-0.2, 0) is 4.79 Å². The maximum atomic E-state index is 13.2. The van der Waals surface area contributed by atoms with Crippen molar-refractivity contribution in [1.29, 1.82) is 0 Å². The number of carbonyl (C=O) groups is 1. The van der Waals surface area contributed by atoms with E-state index in [4.69, 9.17) is 0 Å². The minimum absolute atomic E-state index is 0.0726. The predicted octanol–water partition coefficient (Wildman–Crippen LogP) is 4.02. The molecule has 1 aromatic heterocycles. The number of nitrogens with zero attached hydrogens (tertiary/aromatic N) is 3. The van der Waals surface area contributed by atoms with Crippen molar-refractivity contribution in [1.82, 2.24) is 15.0 Å². The third-order valence-corrected chi connectivity index (χ3v) is 5.57. The number of rotatable bonds is 6. The summed E-state index contributed by atoms with van der Waals surface area (Å²) in [6.07, 6.45) is 0. The topological polar surface area (TPSA) is 76.3 Å². The first-order chi connectivity index (χ1) is 15.1. The molecule has 0 saturated carbocycles. The first-order valence-electron chi connectivity index (χ1n) is 9.72. The van der Waals surface area contributed by atoms with Crippen LogP contribution in [-0.4, -0.2) is 26.9 Å². The molecule has 1 N–H and O–H groups in total. The van der Waals surface area contributed by atoms with Gasteiger partial charge in [-0.25, -0.2) is 10.4 Å². The molecule has 3 aromatic carbocycles. The summed E-state index contributed by atoms with van der Waals surface area (Å²) in [5, 5.41) is 5.15. The number of carbonyl (C=O) groups excluding carboxylic acids is 1. The zero-order valence-electron chi connectivity index (χ0n) is 16.9. The number of amides is 1. The molecule has 0 bridgehead atoms. The van der Waals surface area contributed by atoms with Crippen molar-refractivity contribution in [3.8, 4) is 5.69 Å². The van der Waals surface area contributed by atoms with Crippen molar-refractivity contribution in [3.63, 3.8) is 0 Å².